The van der Waals surface area contributed by atoms with Crippen LogP contribution in [0, 0.1) is 20.8 Å². The lowest BCUT2D eigenvalue weighted by atomic mass is 10.0. The summed E-state index contributed by atoms with van der Waals surface area (Å²) < 4.78 is 42.6. The highest BCUT2D eigenvalue weighted by atomic mass is 32.2. The first-order valence-corrected chi connectivity index (χ1v) is 14.2. The summed E-state index contributed by atoms with van der Waals surface area (Å²) in [6.45, 7) is 7.69. The second-order valence-corrected chi connectivity index (χ2v) is 10.9. The number of aryl methyl sites for hydroxylation is 3. The van der Waals surface area contributed by atoms with Gasteiger partial charge in [-0.3, -0.25) is 9.69 Å². The van der Waals surface area contributed by atoms with Gasteiger partial charge in [0.15, 0.2) is 11.0 Å². The van der Waals surface area contributed by atoms with E-state index >= 15 is 0 Å². The van der Waals surface area contributed by atoms with Crippen LogP contribution in [0.5, 0.6) is 5.75 Å². The molecule has 4 aromatic rings. The number of benzene rings is 3. The molecule has 1 N–H and O–H groups in total. The number of thioether (sulfide) groups is 1. The number of ether oxygens (including phenoxy) is 1. The summed E-state index contributed by atoms with van der Waals surface area (Å²) in [6, 6.07) is 15.6. The molecule has 9 nitrogen and oxygen atoms in total. The monoisotopic (exact) mass is 608 g/mol. The lowest BCUT2D eigenvalue weighted by Gasteiger charge is -2.21. The number of alkyl halides is 3. The molecule has 3 amide bonds. The number of nitrogens with one attached hydrogen (secondary N) is 1. The molecule has 1 aromatic heterocycles. The van der Waals surface area contributed by atoms with Crippen molar-refractivity contribution in [3.63, 3.8) is 0 Å². The molecule has 1 fully saturated rings. The van der Waals surface area contributed by atoms with E-state index in [1.807, 2.05) is 52.0 Å². The Kier molecular flexibility index (Phi) is 8.27. The summed E-state index contributed by atoms with van der Waals surface area (Å²) in [4.78, 5) is 35.6. The molecule has 1 atom stereocenters. The maximum absolute atomic E-state index is 12.9. The van der Waals surface area contributed by atoms with Crippen LogP contribution < -0.4 is 15.0 Å². The largest absolute Gasteiger partial charge is 0.573 e. The molecule has 3 aromatic carbocycles. The molecule has 222 valence electrons. The minimum Gasteiger partial charge on any atom is -0.406 e. The summed E-state index contributed by atoms with van der Waals surface area (Å²) >= 11 is 1.23. The van der Waals surface area contributed by atoms with Crippen LogP contribution in [0.15, 0.2) is 72.0 Å². The molecule has 1 unspecified atom stereocenters. The average molecular weight is 609 g/mol. The molecule has 1 saturated heterocycles. The van der Waals surface area contributed by atoms with Crippen LogP contribution in [0.3, 0.4) is 0 Å². The van der Waals surface area contributed by atoms with Gasteiger partial charge in [-0.2, -0.15) is 4.99 Å². The van der Waals surface area contributed by atoms with Crippen molar-refractivity contribution in [2.24, 2.45) is 4.99 Å². The van der Waals surface area contributed by atoms with Crippen molar-refractivity contribution >= 4 is 34.6 Å². The normalized spacial score (nSPS) is 15.2. The van der Waals surface area contributed by atoms with Gasteiger partial charge in [0.1, 0.15) is 12.1 Å². The average Bonchev–Trinajstić information content (AvgIpc) is 3.56. The van der Waals surface area contributed by atoms with Gasteiger partial charge in [-0.1, -0.05) is 53.7 Å². The van der Waals surface area contributed by atoms with E-state index in [1.165, 1.54) is 51.9 Å². The maximum Gasteiger partial charge on any atom is 0.573 e. The summed E-state index contributed by atoms with van der Waals surface area (Å²) in [6.07, 6.45) is -3.31. The third-order valence-electron chi connectivity index (χ3n) is 6.66. The van der Waals surface area contributed by atoms with Crippen molar-refractivity contribution < 1.29 is 27.5 Å². The highest BCUT2D eigenvalue weighted by Crippen LogP contribution is 2.33. The molecule has 13 heteroatoms. The molecule has 2 heterocycles. The summed E-state index contributed by atoms with van der Waals surface area (Å²) in [5.74, 6) is 0.162. The molecule has 1 aliphatic rings. The first-order chi connectivity index (χ1) is 20.4. The predicted octanol–water partition coefficient (Wildman–Crippen LogP) is 6.66. The van der Waals surface area contributed by atoms with E-state index in [1.54, 1.807) is 12.1 Å². The van der Waals surface area contributed by atoms with Crippen LogP contribution in [0.25, 0.3) is 17.1 Å². The van der Waals surface area contributed by atoms with Crippen molar-refractivity contribution in [1.29, 1.82) is 0 Å². The molecule has 0 radical (unpaired) electrons. The number of aromatic nitrogens is 3. The number of amidine groups is 1. The first-order valence-electron chi connectivity index (χ1n) is 13.2. The van der Waals surface area contributed by atoms with Crippen LogP contribution in [-0.2, 0) is 4.79 Å². The van der Waals surface area contributed by atoms with Crippen molar-refractivity contribution in [2.75, 3.05) is 10.7 Å². The van der Waals surface area contributed by atoms with Gasteiger partial charge in [0.2, 0.25) is 5.91 Å². The Morgan fingerprint density at radius 3 is 2.33 bits per heavy atom. The van der Waals surface area contributed by atoms with Crippen molar-refractivity contribution in [1.82, 2.24) is 20.1 Å². The zero-order valence-electron chi connectivity index (χ0n) is 23.6. The number of carbonyl (C=O) groups excluding carboxylic acids is 2. The minimum absolute atomic E-state index is 0.126. The van der Waals surface area contributed by atoms with E-state index in [-0.39, 0.29) is 23.5 Å². The number of urea groups is 1. The van der Waals surface area contributed by atoms with E-state index in [2.05, 4.69) is 25.1 Å². The van der Waals surface area contributed by atoms with Gasteiger partial charge < -0.3 is 10.1 Å². The molecule has 1 aliphatic heterocycles. The maximum atomic E-state index is 12.9. The van der Waals surface area contributed by atoms with Crippen LogP contribution >= 0.6 is 11.8 Å². The molecule has 0 bridgehead atoms. The van der Waals surface area contributed by atoms with Crippen LogP contribution in [0.2, 0.25) is 0 Å². The zero-order valence-corrected chi connectivity index (χ0v) is 24.5. The number of anilines is 1. The predicted molar refractivity (Wildman–Crippen MR) is 158 cm³/mol. The third kappa shape index (κ3) is 6.88. The molecule has 0 aliphatic carbocycles. The SMILES string of the molecule is Cc1cc(C)c(N2C(=O)CSC2=NC(=O)NC(C)c2ccc(-c3ncn(-c4ccc(OC(F)(F)F)cc4)n3)cc2)c(C)c1. The topological polar surface area (TPSA) is 102 Å². The van der Waals surface area contributed by atoms with Crippen LogP contribution in [-0.4, -0.2) is 44.0 Å². The zero-order chi connectivity index (χ0) is 30.9. The Hall–Kier alpha value is -4.65. The summed E-state index contributed by atoms with van der Waals surface area (Å²) in [7, 11) is 0. The van der Waals surface area contributed by atoms with E-state index in [4.69, 9.17) is 0 Å². The third-order valence-corrected chi connectivity index (χ3v) is 7.58. The van der Waals surface area contributed by atoms with Crippen molar-refractivity contribution in [3.05, 3.63) is 89.2 Å². The molecule has 5 rings (SSSR count). The Labute approximate surface area is 249 Å². The highest BCUT2D eigenvalue weighted by molar-refractivity contribution is 8.15. The summed E-state index contributed by atoms with van der Waals surface area (Å²) in [5.41, 5.74) is 5.74. The molecule has 43 heavy (non-hydrogen) atoms. The molecule has 0 spiro atoms. The van der Waals surface area contributed by atoms with Crippen LogP contribution in [0.1, 0.15) is 35.2 Å². The van der Waals surface area contributed by atoms with Gasteiger partial charge in [-0.25, -0.2) is 14.5 Å². The van der Waals surface area contributed by atoms with Gasteiger partial charge in [0, 0.05) is 5.56 Å². The first kappa shape index (κ1) is 29.8. The van der Waals surface area contributed by atoms with Gasteiger partial charge in [0.25, 0.3) is 0 Å². The van der Waals surface area contributed by atoms with Gasteiger partial charge in [-0.15, -0.1) is 18.3 Å². The fourth-order valence-corrected chi connectivity index (χ4v) is 5.67. The van der Waals surface area contributed by atoms with E-state index in [0.717, 1.165) is 27.9 Å². The number of halogens is 3. The van der Waals surface area contributed by atoms with Gasteiger partial charge in [-0.05, 0) is 68.7 Å². The van der Waals surface area contributed by atoms with Crippen molar-refractivity contribution in [2.45, 2.75) is 40.1 Å². The van der Waals surface area contributed by atoms with E-state index < -0.39 is 12.4 Å². The lowest BCUT2D eigenvalue weighted by molar-refractivity contribution is -0.274. The minimum atomic E-state index is -4.76. The van der Waals surface area contributed by atoms with Crippen molar-refractivity contribution in [3.8, 4) is 22.8 Å². The van der Waals surface area contributed by atoms with E-state index in [9.17, 15) is 22.8 Å². The van der Waals surface area contributed by atoms with Gasteiger partial charge >= 0.3 is 12.4 Å². The summed E-state index contributed by atoms with van der Waals surface area (Å²) in [5, 5.41) is 7.61. The number of aliphatic imine (C=N–C) groups is 1. The fraction of sp³-hybridized carbons (Fsp3) is 0.233. The number of rotatable bonds is 6. The lowest BCUT2D eigenvalue weighted by Crippen LogP contribution is -2.33. The Morgan fingerprint density at radius 1 is 1.05 bits per heavy atom. The quantitative estimate of drug-likeness (QED) is 0.263. The molecule has 0 saturated carbocycles. The number of hydrogen-bond acceptors (Lipinski definition) is 6. The number of nitrogens with zero attached hydrogens (tertiary/aromatic N) is 5. The van der Waals surface area contributed by atoms with Crippen LogP contribution in [0.4, 0.5) is 23.7 Å². The number of hydrogen-bond donors (Lipinski definition) is 1. The second kappa shape index (κ2) is 11.9. The van der Waals surface area contributed by atoms with Gasteiger partial charge in [0.05, 0.1) is 23.2 Å². The Morgan fingerprint density at radius 2 is 1.70 bits per heavy atom. The standard InChI is InChI=1S/C30H27F3N6O3S/c1-17-13-18(2)26(19(3)14-17)39-25(40)15-43-29(39)36-28(41)35-20(4)21-5-7-22(8-6-21)27-34-16-38(37-27)23-9-11-24(12-10-23)42-30(31,32)33/h5-14,16,20H,15H2,1-4H3,(H,35,41). The number of amides is 3. The number of carbonyl (C=O) groups is 2. The smallest absolute Gasteiger partial charge is 0.406 e. The molecular weight excluding hydrogens is 581 g/mol. The second-order valence-electron chi connectivity index (χ2n) is 10.0. The molecular formula is C30H27F3N6O3S. The Bertz CT molecular complexity index is 1680. The fourth-order valence-electron chi connectivity index (χ4n) is 4.82. The van der Waals surface area contributed by atoms with E-state index in [0.29, 0.717) is 22.2 Å². The Balaban J connectivity index is 1.25. The highest BCUT2D eigenvalue weighted by Gasteiger charge is 2.33.